The predicted octanol–water partition coefficient (Wildman–Crippen LogP) is 6.59. The van der Waals surface area contributed by atoms with Gasteiger partial charge in [0.25, 0.3) is 0 Å². The lowest BCUT2D eigenvalue weighted by molar-refractivity contribution is 0.327. The molecule has 0 aromatic heterocycles. The van der Waals surface area contributed by atoms with Crippen molar-refractivity contribution in [3.05, 3.63) is 144 Å². The summed E-state index contributed by atoms with van der Waals surface area (Å²) in [6, 6.07) is 43.9. The third kappa shape index (κ3) is 3.58. The van der Waals surface area contributed by atoms with Crippen molar-refractivity contribution in [2.75, 3.05) is 6.61 Å². The van der Waals surface area contributed by atoms with Gasteiger partial charge in [0.1, 0.15) is 0 Å². The summed E-state index contributed by atoms with van der Waals surface area (Å²) in [5.74, 6) is 0.175. The van der Waals surface area contributed by atoms with Gasteiger partial charge < -0.3 is 4.74 Å². The molecule has 1 fully saturated rings. The van der Waals surface area contributed by atoms with Crippen molar-refractivity contribution >= 4 is 0 Å². The van der Waals surface area contributed by atoms with Gasteiger partial charge in [-0.15, -0.1) is 0 Å². The van der Waals surface area contributed by atoms with E-state index >= 15 is 0 Å². The SMILES string of the molecule is c1ccc(C(c2ccccc2)C(CC2CO2)(c2ccccc2)c2ccccc2)cc1. The summed E-state index contributed by atoms with van der Waals surface area (Å²) in [5, 5.41) is 0. The van der Waals surface area contributed by atoms with Crippen LogP contribution in [0.1, 0.15) is 34.6 Å². The molecule has 30 heavy (non-hydrogen) atoms. The van der Waals surface area contributed by atoms with Crippen molar-refractivity contribution in [2.24, 2.45) is 0 Å². The number of benzene rings is 4. The summed E-state index contributed by atoms with van der Waals surface area (Å²) in [5.41, 5.74) is 5.11. The molecule has 1 heterocycles. The summed E-state index contributed by atoms with van der Waals surface area (Å²) in [6.07, 6.45) is 1.25. The lowest BCUT2D eigenvalue weighted by Crippen LogP contribution is -2.37. The van der Waals surface area contributed by atoms with E-state index in [1.165, 1.54) is 22.3 Å². The van der Waals surface area contributed by atoms with Gasteiger partial charge in [-0.05, 0) is 28.7 Å². The minimum absolute atomic E-state index is 0.175. The lowest BCUT2D eigenvalue weighted by atomic mass is 9.59. The molecule has 1 saturated heterocycles. The normalized spacial score (nSPS) is 15.8. The summed E-state index contributed by atoms with van der Waals surface area (Å²) < 4.78 is 5.83. The lowest BCUT2D eigenvalue weighted by Gasteiger charge is -2.43. The van der Waals surface area contributed by atoms with E-state index in [0.29, 0.717) is 6.10 Å². The van der Waals surface area contributed by atoms with Crippen molar-refractivity contribution in [3.63, 3.8) is 0 Å². The molecule has 1 aliphatic rings. The Morgan fingerprint density at radius 2 is 0.967 bits per heavy atom. The molecule has 1 atom stereocenters. The van der Waals surface area contributed by atoms with E-state index in [-0.39, 0.29) is 11.3 Å². The van der Waals surface area contributed by atoms with Gasteiger partial charge in [-0.2, -0.15) is 0 Å². The van der Waals surface area contributed by atoms with Crippen LogP contribution in [0.15, 0.2) is 121 Å². The fourth-order valence-electron chi connectivity index (χ4n) is 4.92. The maximum atomic E-state index is 5.83. The Bertz CT molecular complexity index is 975. The monoisotopic (exact) mass is 390 g/mol. The second-order valence-electron chi connectivity index (χ2n) is 8.12. The second kappa shape index (κ2) is 8.30. The van der Waals surface area contributed by atoms with E-state index in [9.17, 15) is 0 Å². The van der Waals surface area contributed by atoms with Gasteiger partial charge >= 0.3 is 0 Å². The molecule has 0 aliphatic carbocycles. The molecule has 0 spiro atoms. The molecule has 1 nitrogen and oxygen atoms in total. The number of epoxide rings is 1. The Labute approximate surface area is 179 Å². The van der Waals surface area contributed by atoms with Gasteiger partial charge in [0.05, 0.1) is 12.7 Å². The first kappa shape index (κ1) is 18.8. The Morgan fingerprint density at radius 3 is 1.33 bits per heavy atom. The first-order valence-corrected chi connectivity index (χ1v) is 10.7. The van der Waals surface area contributed by atoms with E-state index in [4.69, 9.17) is 4.74 Å². The van der Waals surface area contributed by atoms with Gasteiger partial charge in [-0.1, -0.05) is 121 Å². The molecule has 0 saturated carbocycles. The number of rotatable bonds is 7. The quantitative estimate of drug-likeness (QED) is 0.324. The van der Waals surface area contributed by atoms with Crippen molar-refractivity contribution < 1.29 is 4.74 Å². The van der Waals surface area contributed by atoms with Crippen LogP contribution >= 0.6 is 0 Å². The molecule has 4 aromatic rings. The molecule has 0 N–H and O–H groups in total. The maximum absolute atomic E-state index is 5.83. The summed E-state index contributed by atoms with van der Waals surface area (Å²) >= 11 is 0. The Morgan fingerprint density at radius 1 is 0.600 bits per heavy atom. The van der Waals surface area contributed by atoms with Crippen LogP contribution in [0.5, 0.6) is 0 Å². The molecule has 5 rings (SSSR count). The first-order valence-electron chi connectivity index (χ1n) is 10.7. The fraction of sp³-hybridized carbons (Fsp3) is 0.172. The van der Waals surface area contributed by atoms with Crippen LogP contribution in [0.4, 0.5) is 0 Å². The molecule has 1 unspecified atom stereocenters. The zero-order chi connectivity index (χ0) is 20.2. The van der Waals surface area contributed by atoms with Gasteiger partial charge in [-0.3, -0.25) is 0 Å². The third-order valence-electron chi connectivity index (χ3n) is 6.29. The summed E-state index contributed by atoms with van der Waals surface area (Å²) in [4.78, 5) is 0. The van der Waals surface area contributed by atoms with Crippen LogP contribution in [0.25, 0.3) is 0 Å². The molecule has 0 amide bonds. The highest BCUT2D eigenvalue weighted by atomic mass is 16.6. The van der Waals surface area contributed by atoms with Crippen molar-refractivity contribution in [2.45, 2.75) is 23.9 Å². The van der Waals surface area contributed by atoms with Crippen LogP contribution in [0, 0.1) is 0 Å². The number of hydrogen-bond donors (Lipinski definition) is 0. The fourth-order valence-corrected chi connectivity index (χ4v) is 4.92. The average Bonchev–Trinajstić information content (AvgIpc) is 3.65. The molecule has 148 valence electrons. The van der Waals surface area contributed by atoms with Crippen molar-refractivity contribution in [1.82, 2.24) is 0 Å². The Balaban J connectivity index is 1.83. The van der Waals surface area contributed by atoms with Crippen LogP contribution in [0.2, 0.25) is 0 Å². The van der Waals surface area contributed by atoms with Gasteiger partial charge in [0.2, 0.25) is 0 Å². The zero-order valence-electron chi connectivity index (χ0n) is 17.0. The van der Waals surface area contributed by atoms with Gasteiger partial charge in [0, 0.05) is 11.3 Å². The highest BCUT2D eigenvalue weighted by Crippen LogP contribution is 2.52. The minimum Gasteiger partial charge on any atom is -0.373 e. The minimum atomic E-state index is -0.230. The van der Waals surface area contributed by atoms with Crippen molar-refractivity contribution in [3.8, 4) is 0 Å². The highest BCUT2D eigenvalue weighted by Gasteiger charge is 2.47. The molecular formula is C29H26O. The zero-order valence-corrected chi connectivity index (χ0v) is 17.0. The van der Waals surface area contributed by atoms with E-state index in [2.05, 4.69) is 121 Å². The third-order valence-corrected chi connectivity index (χ3v) is 6.29. The molecule has 0 bridgehead atoms. The molecular weight excluding hydrogens is 364 g/mol. The summed E-state index contributed by atoms with van der Waals surface area (Å²) in [6.45, 7) is 0.845. The van der Waals surface area contributed by atoms with Crippen LogP contribution < -0.4 is 0 Å². The predicted molar refractivity (Wildman–Crippen MR) is 123 cm³/mol. The average molecular weight is 391 g/mol. The van der Waals surface area contributed by atoms with Crippen LogP contribution in [-0.2, 0) is 10.2 Å². The number of hydrogen-bond acceptors (Lipinski definition) is 1. The van der Waals surface area contributed by atoms with Crippen LogP contribution in [-0.4, -0.2) is 12.7 Å². The van der Waals surface area contributed by atoms with Crippen LogP contribution in [0.3, 0.4) is 0 Å². The van der Waals surface area contributed by atoms with Gasteiger partial charge in [0.15, 0.2) is 0 Å². The molecule has 4 aromatic carbocycles. The Hall–Kier alpha value is -3.16. The topological polar surface area (TPSA) is 12.5 Å². The maximum Gasteiger partial charge on any atom is 0.0822 e. The van der Waals surface area contributed by atoms with E-state index < -0.39 is 0 Å². The summed E-state index contributed by atoms with van der Waals surface area (Å²) in [7, 11) is 0. The van der Waals surface area contributed by atoms with Crippen molar-refractivity contribution in [1.29, 1.82) is 0 Å². The second-order valence-corrected chi connectivity index (χ2v) is 8.12. The first-order chi connectivity index (χ1) is 14.9. The standard InChI is InChI=1S/C29H26O/c1-5-13-23(14-6-1)28(24-15-7-2-8-16-24)29(21-27-22-30-27,25-17-9-3-10-18-25)26-19-11-4-12-20-26/h1-20,27-28H,21-22H2. The largest absolute Gasteiger partial charge is 0.373 e. The van der Waals surface area contributed by atoms with Gasteiger partial charge in [-0.25, -0.2) is 0 Å². The Kier molecular flexibility index (Phi) is 5.21. The number of ether oxygens (including phenoxy) is 1. The molecule has 1 aliphatic heterocycles. The smallest absolute Gasteiger partial charge is 0.0822 e. The van der Waals surface area contributed by atoms with E-state index in [0.717, 1.165) is 13.0 Å². The molecule has 1 heteroatoms. The van der Waals surface area contributed by atoms with E-state index in [1.807, 2.05) is 0 Å². The highest BCUT2D eigenvalue weighted by molar-refractivity contribution is 5.50. The van der Waals surface area contributed by atoms with E-state index in [1.54, 1.807) is 0 Å². The molecule has 0 radical (unpaired) electrons.